The minimum absolute atomic E-state index is 0.0635. The van der Waals surface area contributed by atoms with E-state index < -0.39 is 11.2 Å². The second kappa shape index (κ2) is 10.6. The third-order valence-electron chi connectivity index (χ3n) is 17.1. The van der Waals surface area contributed by atoms with Crippen molar-refractivity contribution in [1.82, 2.24) is 0 Å². The molecule has 4 N–H and O–H groups in total. The van der Waals surface area contributed by atoms with E-state index in [0.29, 0.717) is 61.2 Å². The standard InChI is InChI=1S/2C20H30O3/c2*1-18-8-6-13(21)10-12(18)4-5-14-15-7-9-20(3,23)19(15,2)11-16(22)17(14)18/h2*6,8,12,14-17,22-23H,4-5,7,9-11H2,1-3H3/t2*12-,14-,15-,16-,17+,18-,19-,20-/m00/s1. The molecule has 256 valence electrons. The highest BCUT2D eigenvalue weighted by Crippen LogP contribution is 2.69. The van der Waals surface area contributed by atoms with E-state index in [0.717, 1.165) is 51.4 Å². The molecule has 8 aliphatic carbocycles. The van der Waals surface area contributed by atoms with Crippen LogP contribution >= 0.6 is 0 Å². The van der Waals surface area contributed by atoms with Crippen molar-refractivity contribution in [2.75, 3.05) is 0 Å². The Hall–Kier alpha value is -1.34. The first kappa shape index (κ1) is 33.2. The molecule has 0 spiro atoms. The van der Waals surface area contributed by atoms with E-state index in [1.807, 2.05) is 13.8 Å². The summed E-state index contributed by atoms with van der Waals surface area (Å²) in [7, 11) is 0. The van der Waals surface area contributed by atoms with Gasteiger partial charge in [-0.25, -0.2) is 0 Å². The first-order valence-corrected chi connectivity index (χ1v) is 18.6. The summed E-state index contributed by atoms with van der Waals surface area (Å²) < 4.78 is 0. The van der Waals surface area contributed by atoms with Crippen LogP contribution in [0.3, 0.4) is 0 Å². The fourth-order valence-electron chi connectivity index (χ4n) is 14.0. The van der Waals surface area contributed by atoms with Crippen molar-refractivity contribution < 1.29 is 30.0 Å². The number of aliphatic hydroxyl groups excluding tert-OH is 2. The van der Waals surface area contributed by atoms with Crippen LogP contribution in [0.1, 0.15) is 119 Å². The number of allylic oxidation sites excluding steroid dienone is 4. The largest absolute Gasteiger partial charge is 0.393 e. The van der Waals surface area contributed by atoms with Gasteiger partial charge in [-0.15, -0.1) is 0 Å². The molecule has 8 aliphatic rings. The van der Waals surface area contributed by atoms with Crippen molar-refractivity contribution in [3.63, 3.8) is 0 Å². The molecule has 0 aromatic rings. The van der Waals surface area contributed by atoms with Gasteiger partial charge in [0.15, 0.2) is 11.6 Å². The van der Waals surface area contributed by atoms with Gasteiger partial charge in [0.1, 0.15) is 0 Å². The van der Waals surface area contributed by atoms with Gasteiger partial charge in [-0.05, 0) is 148 Å². The van der Waals surface area contributed by atoms with Crippen LogP contribution < -0.4 is 0 Å². The van der Waals surface area contributed by atoms with Crippen LogP contribution in [0.5, 0.6) is 0 Å². The highest BCUT2D eigenvalue weighted by molar-refractivity contribution is 5.91. The van der Waals surface area contributed by atoms with E-state index in [9.17, 15) is 30.0 Å². The van der Waals surface area contributed by atoms with Crippen LogP contribution in [0, 0.1) is 69.0 Å². The van der Waals surface area contributed by atoms with Gasteiger partial charge in [0, 0.05) is 23.7 Å². The van der Waals surface area contributed by atoms with E-state index in [-0.39, 0.29) is 57.3 Å². The molecule has 6 saturated carbocycles. The zero-order chi connectivity index (χ0) is 33.2. The van der Waals surface area contributed by atoms with Crippen molar-refractivity contribution in [2.24, 2.45) is 69.0 Å². The molecule has 6 fully saturated rings. The number of fused-ring (bicyclic) bond motifs is 10. The lowest BCUT2D eigenvalue weighted by Crippen LogP contribution is -2.60. The fourth-order valence-corrected chi connectivity index (χ4v) is 14.0. The number of ketones is 2. The van der Waals surface area contributed by atoms with E-state index in [1.165, 1.54) is 0 Å². The number of aliphatic hydroxyl groups is 4. The highest BCUT2D eigenvalue weighted by atomic mass is 16.3. The first-order valence-electron chi connectivity index (χ1n) is 18.6. The highest BCUT2D eigenvalue weighted by Gasteiger charge is 2.67. The molecule has 6 heteroatoms. The quantitative estimate of drug-likeness (QED) is 0.252. The molecule has 6 nitrogen and oxygen atoms in total. The van der Waals surface area contributed by atoms with Crippen LogP contribution in [-0.2, 0) is 9.59 Å². The second-order valence-corrected chi connectivity index (χ2v) is 18.9. The Morgan fingerprint density at radius 3 is 1.33 bits per heavy atom. The van der Waals surface area contributed by atoms with Crippen molar-refractivity contribution >= 4 is 11.6 Å². The minimum atomic E-state index is -0.667. The van der Waals surface area contributed by atoms with Gasteiger partial charge in [-0.3, -0.25) is 9.59 Å². The maximum absolute atomic E-state index is 11.8. The molecule has 0 aliphatic heterocycles. The zero-order valence-corrected chi connectivity index (χ0v) is 29.2. The maximum atomic E-state index is 11.8. The summed E-state index contributed by atoms with van der Waals surface area (Å²) in [6, 6.07) is 0. The van der Waals surface area contributed by atoms with Gasteiger partial charge in [0.2, 0.25) is 0 Å². The Morgan fingerprint density at radius 2 is 0.957 bits per heavy atom. The SMILES string of the molecule is C[C@]12C=CC(=O)C[C@@H]1CC[C@@H]1[C@@H]2[C@@H](O)C[C@@]2(C)[C@H]1CC[C@]2(C)O.C[C@]12C=CC(=O)C[C@@H]1CC[C@@H]1[C@@H]2[C@@H](O)C[C@@]2(C)[C@H]1CC[C@]2(C)O. The van der Waals surface area contributed by atoms with E-state index in [1.54, 1.807) is 12.2 Å². The Bertz CT molecular complexity index is 1230. The van der Waals surface area contributed by atoms with Gasteiger partial charge in [0.25, 0.3) is 0 Å². The molecule has 0 saturated heterocycles. The van der Waals surface area contributed by atoms with E-state index in [4.69, 9.17) is 0 Å². The molecule has 46 heavy (non-hydrogen) atoms. The summed E-state index contributed by atoms with van der Waals surface area (Å²) >= 11 is 0. The fraction of sp³-hybridized carbons (Fsp3) is 0.850. The van der Waals surface area contributed by atoms with E-state index in [2.05, 4.69) is 39.8 Å². The van der Waals surface area contributed by atoms with E-state index >= 15 is 0 Å². The monoisotopic (exact) mass is 636 g/mol. The smallest absolute Gasteiger partial charge is 0.155 e. The topological polar surface area (TPSA) is 115 Å². The summed E-state index contributed by atoms with van der Waals surface area (Å²) in [6.45, 7) is 12.8. The van der Waals surface area contributed by atoms with Crippen LogP contribution in [0.4, 0.5) is 0 Å². The molecule has 0 aromatic carbocycles. The molecule has 16 atom stereocenters. The van der Waals surface area contributed by atoms with Crippen molar-refractivity contribution in [3.8, 4) is 0 Å². The average Bonchev–Trinajstić information content (AvgIpc) is 3.35. The molecule has 0 radical (unpaired) electrons. The Morgan fingerprint density at radius 1 is 0.587 bits per heavy atom. The third-order valence-corrected chi connectivity index (χ3v) is 17.1. The molecular formula is C40H60O6. The average molecular weight is 637 g/mol. The van der Waals surface area contributed by atoms with Gasteiger partial charge in [-0.2, -0.15) is 0 Å². The zero-order valence-electron chi connectivity index (χ0n) is 29.2. The van der Waals surface area contributed by atoms with Crippen LogP contribution in [0.25, 0.3) is 0 Å². The number of hydrogen-bond donors (Lipinski definition) is 4. The molecule has 0 unspecified atom stereocenters. The van der Waals surface area contributed by atoms with Gasteiger partial charge in [-0.1, -0.05) is 39.8 Å². The summed E-state index contributed by atoms with van der Waals surface area (Å²) in [5.74, 6) is 3.63. The van der Waals surface area contributed by atoms with Gasteiger partial charge >= 0.3 is 0 Å². The van der Waals surface area contributed by atoms with Crippen LogP contribution in [0.15, 0.2) is 24.3 Å². The molecule has 0 amide bonds. The van der Waals surface area contributed by atoms with Crippen molar-refractivity contribution in [3.05, 3.63) is 24.3 Å². The molecule has 0 heterocycles. The van der Waals surface area contributed by atoms with Crippen molar-refractivity contribution in [2.45, 2.75) is 142 Å². The third kappa shape index (κ3) is 4.47. The summed E-state index contributed by atoms with van der Waals surface area (Å²) in [5.41, 5.74) is -1.81. The molecule has 0 aromatic heterocycles. The van der Waals surface area contributed by atoms with Gasteiger partial charge in [0.05, 0.1) is 23.4 Å². The number of rotatable bonds is 0. The Labute approximate surface area is 276 Å². The summed E-state index contributed by atoms with van der Waals surface area (Å²) in [4.78, 5) is 23.7. The number of hydrogen-bond acceptors (Lipinski definition) is 6. The lowest BCUT2D eigenvalue weighted by atomic mass is 9.45. The van der Waals surface area contributed by atoms with Crippen LogP contribution in [0.2, 0.25) is 0 Å². The van der Waals surface area contributed by atoms with Crippen molar-refractivity contribution in [1.29, 1.82) is 0 Å². The second-order valence-electron chi connectivity index (χ2n) is 18.9. The Kier molecular flexibility index (Phi) is 7.63. The summed E-state index contributed by atoms with van der Waals surface area (Å²) in [6.07, 6.45) is 17.8. The predicted octanol–water partition coefficient (Wildman–Crippen LogP) is 6.19. The maximum Gasteiger partial charge on any atom is 0.155 e. The molecular weight excluding hydrogens is 576 g/mol. The molecule has 0 bridgehead atoms. The lowest BCUT2D eigenvalue weighted by molar-refractivity contribution is -0.177. The van der Waals surface area contributed by atoms with Crippen LogP contribution in [-0.4, -0.2) is 55.4 Å². The minimum Gasteiger partial charge on any atom is -0.393 e. The first-order chi connectivity index (χ1) is 21.4. The lowest BCUT2D eigenvalue weighted by Gasteiger charge is -2.61. The predicted molar refractivity (Wildman–Crippen MR) is 177 cm³/mol. The number of carbonyl (C=O) groups excluding carboxylic acids is 2. The normalized spacial score (nSPS) is 58.5. The number of carbonyl (C=O) groups is 2. The van der Waals surface area contributed by atoms with Gasteiger partial charge < -0.3 is 20.4 Å². The summed E-state index contributed by atoms with van der Waals surface area (Å²) in [5, 5.41) is 44.0. The Balaban J connectivity index is 0.000000147. The molecule has 8 rings (SSSR count).